The Kier molecular flexibility index (Phi) is 7.17. The topological polar surface area (TPSA) is 81.7 Å². The van der Waals surface area contributed by atoms with Crippen LogP contribution in [-0.4, -0.2) is 36.9 Å². The van der Waals surface area contributed by atoms with E-state index in [0.717, 1.165) is 0 Å². The highest BCUT2D eigenvalue weighted by Gasteiger charge is 2.19. The second-order valence-electron chi connectivity index (χ2n) is 5.38. The number of esters is 1. The number of halogens is 1. The molecule has 0 saturated carbocycles. The van der Waals surface area contributed by atoms with Gasteiger partial charge in [-0.2, -0.15) is 0 Å². The average molecular weight is 376 g/mol. The third-order valence-electron chi connectivity index (χ3n) is 3.35. The fraction of sp³-hybridized carbons (Fsp3) is 0.211. The fourth-order valence-corrected chi connectivity index (χ4v) is 2.15. The highest BCUT2D eigenvalue weighted by Crippen LogP contribution is 2.12. The predicted molar refractivity (Wildman–Crippen MR) is 96.3 cm³/mol. The third kappa shape index (κ3) is 6.22. The van der Waals surface area contributed by atoms with Gasteiger partial charge in [0.05, 0.1) is 0 Å². The summed E-state index contributed by atoms with van der Waals surface area (Å²) < 4.78 is 10.3. The smallest absolute Gasteiger partial charge is 0.326 e. The molecule has 0 bridgehead atoms. The third-order valence-corrected chi connectivity index (χ3v) is 3.60. The fourth-order valence-electron chi connectivity index (χ4n) is 2.03. The standard InChI is InChI=1S/C19H18ClNO5/c1-13(19(24)14-7-9-15(20)10-8-14)26-18(23)11-21-17(22)12-25-16-5-3-2-4-6-16/h2-10,13H,11-12H2,1H3,(H,21,22)/t13-/m0/s1. The molecule has 1 N–H and O–H groups in total. The summed E-state index contributed by atoms with van der Waals surface area (Å²) in [6.07, 6.45) is -0.971. The molecule has 0 aromatic heterocycles. The molecule has 136 valence electrons. The minimum absolute atomic E-state index is 0.226. The Bertz CT molecular complexity index is 761. The Balaban J connectivity index is 1.72. The summed E-state index contributed by atoms with van der Waals surface area (Å²) in [7, 11) is 0. The highest BCUT2D eigenvalue weighted by molar-refractivity contribution is 6.30. The van der Waals surface area contributed by atoms with Crippen molar-refractivity contribution in [3.63, 3.8) is 0 Å². The number of ketones is 1. The molecule has 2 rings (SSSR count). The van der Waals surface area contributed by atoms with Gasteiger partial charge in [-0.15, -0.1) is 0 Å². The molecule has 0 aliphatic heterocycles. The Morgan fingerprint density at radius 3 is 2.35 bits per heavy atom. The van der Waals surface area contributed by atoms with Crippen molar-refractivity contribution in [2.24, 2.45) is 0 Å². The molecular weight excluding hydrogens is 358 g/mol. The lowest BCUT2D eigenvalue weighted by Crippen LogP contribution is -2.36. The van der Waals surface area contributed by atoms with Crippen molar-refractivity contribution in [3.05, 3.63) is 65.2 Å². The summed E-state index contributed by atoms with van der Waals surface area (Å²) in [6.45, 7) is 0.890. The lowest BCUT2D eigenvalue weighted by Gasteiger charge is -2.13. The minimum atomic E-state index is -0.971. The molecule has 0 radical (unpaired) electrons. The molecular formula is C19H18ClNO5. The molecule has 2 aromatic rings. The first-order valence-corrected chi connectivity index (χ1v) is 8.27. The van der Waals surface area contributed by atoms with E-state index < -0.39 is 18.0 Å². The summed E-state index contributed by atoms with van der Waals surface area (Å²) in [6, 6.07) is 15.1. The number of hydrogen-bond donors (Lipinski definition) is 1. The molecule has 6 nitrogen and oxygen atoms in total. The maximum absolute atomic E-state index is 12.2. The number of hydrogen-bond acceptors (Lipinski definition) is 5. The van der Waals surface area contributed by atoms with Gasteiger partial charge in [0, 0.05) is 10.6 Å². The van der Waals surface area contributed by atoms with Gasteiger partial charge in [0.25, 0.3) is 5.91 Å². The lowest BCUT2D eigenvalue weighted by molar-refractivity contribution is -0.146. The van der Waals surface area contributed by atoms with Crippen molar-refractivity contribution in [2.75, 3.05) is 13.2 Å². The first-order chi connectivity index (χ1) is 12.5. The molecule has 2 aromatic carbocycles. The minimum Gasteiger partial charge on any atom is -0.484 e. The van der Waals surface area contributed by atoms with Gasteiger partial charge in [-0.05, 0) is 43.3 Å². The summed E-state index contributed by atoms with van der Waals surface area (Å²) in [5, 5.41) is 2.88. The summed E-state index contributed by atoms with van der Waals surface area (Å²) in [5.41, 5.74) is 0.384. The summed E-state index contributed by atoms with van der Waals surface area (Å²) in [5.74, 6) is -0.989. The van der Waals surface area contributed by atoms with Gasteiger partial charge in [0.15, 0.2) is 12.7 Å². The van der Waals surface area contributed by atoms with Crippen LogP contribution in [0.4, 0.5) is 0 Å². The average Bonchev–Trinajstić information content (AvgIpc) is 2.65. The predicted octanol–water partition coefficient (Wildman–Crippen LogP) is 2.65. The van der Waals surface area contributed by atoms with Gasteiger partial charge in [-0.3, -0.25) is 14.4 Å². The van der Waals surface area contributed by atoms with E-state index >= 15 is 0 Å². The van der Waals surface area contributed by atoms with E-state index in [0.29, 0.717) is 16.3 Å². The Morgan fingerprint density at radius 2 is 1.69 bits per heavy atom. The number of para-hydroxylation sites is 1. The van der Waals surface area contributed by atoms with E-state index in [2.05, 4.69) is 5.32 Å². The van der Waals surface area contributed by atoms with Gasteiger partial charge in [0.1, 0.15) is 12.3 Å². The van der Waals surface area contributed by atoms with E-state index in [9.17, 15) is 14.4 Å². The normalized spacial score (nSPS) is 11.3. The van der Waals surface area contributed by atoms with Gasteiger partial charge in [-0.25, -0.2) is 0 Å². The van der Waals surface area contributed by atoms with Gasteiger partial charge >= 0.3 is 5.97 Å². The van der Waals surface area contributed by atoms with Crippen molar-refractivity contribution < 1.29 is 23.9 Å². The molecule has 26 heavy (non-hydrogen) atoms. The second kappa shape index (κ2) is 9.58. The van der Waals surface area contributed by atoms with Crippen LogP contribution >= 0.6 is 11.6 Å². The van der Waals surface area contributed by atoms with Gasteiger partial charge in [-0.1, -0.05) is 29.8 Å². The molecule has 0 fully saturated rings. The SMILES string of the molecule is C[C@H](OC(=O)CNC(=O)COc1ccccc1)C(=O)c1ccc(Cl)cc1. The first-order valence-electron chi connectivity index (χ1n) is 7.89. The number of carbonyl (C=O) groups excluding carboxylic acids is 3. The molecule has 0 unspecified atom stereocenters. The van der Waals surface area contributed by atoms with E-state index in [1.165, 1.54) is 6.92 Å². The first kappa shape index (κ1) is 19.5. The molecule has 0 heterocycles. The molecule has 1 atom stereocenters. The van der Waals surface area contributed by atoms with Crippen molar-refractivity contribution in [1.82, 2.24) is 5.32 Å². The van der Waals surface area contributed by atoms with E-state index in [4.69, 9.17) is 21.1 Å². The summed E-state index contributed by atoms with van der Waals surface area (Å²) in [4.78, 5) is 35.6. The molecule has 0 aliphatic carbocycles. The van der Waals surface area contributed by atoms with Crippen LogP contribution in [0.25, 0.3) is 0 Å². The van der Waals surface area contributed by atoms with Crippen molar-refractivity contribution in [2.45, 2.75) is 13.0 Å². The number of amides is 1. The number of nitrogens with one attached hydrogen (secondary N) is 1. The summed E-state index contributed by atoms with van der Waals surface area (Å²) >= 11 is 5.77. The maximum atomic E-state index is 12.2. The van der Waals surface area contributed by atoms with Crippen LogP contribution in [0, 0.1) is 0 Å². The van der Waals surface area contributed by atoms with Crippen LogP contribution in [0.3, 0.4) is 0 Å². The van der Waals surface area contributed by atoms with E-state index in [1.54, 1.807) is 48.5 Å². The van der Waals surface area contributed by atoms with Crippen molar-refractivity contribution in [1.29, 1.82) is 0 Å². The van der Waals surface area contributed by atoms with E-state index in [-0.39, 0.29) is 18.9 Å². The molecule has 0 aliphatic rings. The zero-order valence-corrected chi connectivity index (χ0v) is 14.9. The largest absolute Gasteiger partial charge is 0.484 e. The van der Waals surface area contributed by atoms with Crippen LogP contribution in [0.2, 0.25) is 5.02 Å². The Morgan fingerprint density at radius 1 is 1.04 bits per heavy atom. The Hall–Kier alpha value is -2.86. The number of carbonyl (C=O) groups is 3. The van der Waals surface area contributed by atoms with Crippen molar-refractivity contribution in [3.8, 4) is 5.75 Å². The van der Waals surface area contributed by atoms with Crippen LogP contribution in [-0.2, 0) is 14.3 Å². The zero-order chi connectivity index (χ0) is 18.9. The van der Waals surface area contributed by atoms with Crippen LogP contribution in [0.5, 0.6) is 5.75 Å². The van der Waals surface area contributed by atoms with Gasteiger partial charge < -0.3 is 14.8 Å². The second-order valence-corrected chi connectivity index (χ2v) is 5.82. The monoisotopic (exact) mass is 375 g/mol. The molecule has 0 spiro atoms. The quantitative estimate of drug-likeness (QED) is 0.566. The van der Waals surface area contributed by atoms with Crippen LogP contribution in [0.1, 0.15) is 17.3 Å². The number of Topliss-reactive ketones (excluding diaryl/α,β-unsaturated/α-hetero) is 1. The Labute approximate surface area is 156 Å². The van der Waals surface area contributed by atoms with Crippen LogP contribution < -0.4 is 10.1 Å². The molecule has 7 heteroatoms. The number of rotatable bonds is 8. The lowest BCUT2D eigenvalue weighted by atomic mass is 10.1. The molecule has 0 saturated heterocycles. The zero-order valence-electron chi connectivity index (χ0n) is 14.1. The van der Waals surface area contributed by atoms with Crippen molar-refractivity contribution >= 4 is 29.3 Å². The molecule has 1 amide bonds. The number of ether oxygens (including phenoxy) is 2. The maximum Gasteiger partial charge on any atom is 0.326 e. The highest BCUT2D eigenvalue weighted by atomic mass is 35.5. The van der Waals surface area contributed by atoms with E-state index in [1.807, 2.05) is 6.07 Å². The van der Waals surface area contributed by atoms with Gasteiger partial charge in [0.2, 0.25) is 5.78 Å². The van der Waals surface area contributed by atoms with Crippen LogP contribution in [0.15, 0.2) is 54.6 Å². The number of benzene rings is 2.